The van der Waals surface area contributed by atoms with Crippen LogP contribution >= 0.6 is 34.8 Å². The van der Waals surface area contributed by atoms with E-state index in [1.165, 1.54) is 0 Å². The summed E-state index contributed by atoms with van der Waals surface area (Å²) < 4.78 is 0. The molecule has 0 aliphatic carbocycles. The minimum absolute atomic E-state index is 0.0383. The summed E-state index contributed by atoms with van der Waals surface area (Å²) in [7, 11) is 1.89. The van der Waals surface area contributed by atoms with Gasteiger partial charge in [0.1, 0.15) is 0 Å². The van der Waals surface area contributed by atoms with Crippen LogP contribution in [0.3, 0.4) is 0 Å². The Labute approximate surface area is 128 Å². The van der Waals surface area contributed by atoms with E-state index in [0.29, 0.717) is 15.1 Å². The molecule has 100 valence electrons. The average Bonchev–Trinajstić information content (AvgIpc) is 2.34. The van der Waals surface area contributed by atoms with Crippen molar-refractivity contribution in [3.8, 4) is 0 Å². The summed E-state index contributed by atoms with van der Waals surface area (Å²) in [4.78, 5) is 0. The van der Waals surface area contributed by atoms with Gasteiger partial charge in [-0.25, -0.2) is 0 Å². The van der Waals surface area contributed by atoms with Crippen molar-refractivity contribution in [2.24, 2.45) is 0 Å². The minimum atomic E-state index is -0.0383. The molecule has 19 heavy (non-hydrogen) atoms. The van der Waals surface area contributed by atoms with Gasteiger partial charge in [-0.2, -0.15) is 0 Å². The Balaban J connectivity index is 2.53. The molecule has 1 N–H and O–H groups in total. The van der Waals surface area contributed by atoms with Gasteiger partial charge in [-0.05, 0) is 48.9 Å². The first kappa shape index (κ1) is 14.7. The van der Waals surface area contributed by atoms with Gasteiger partial charge in [-0.15, -0.1) is 0 Å². The van der Waals surface area contributed by atoms with Crippen molar-refractivity contribution in [3.63, 3.8) is 0 Å². The number of hydrogen-bond acceptors (Lipinski definition) is 1. The predicted octanol–water partition coefficient (Wildman–Crippen LogP) is 5.26. The highest BCUT2D eigenvalue weighted by Crippen LogP contribution is 2.34. The maximum absolute atomic E-state index is 6.29. The summed E-state index contributed by atoms with van der Waals surface area (Å²) in [5.41, 5.74) is 3.12. The minimum Gasteiger partial charge on any atom is -0.309 e. The zero-order chi connectivity index (χ0) is 14.0. The van der Waals surface area contributed by atoms with Crippen molar-refractivity contribution in [1.29, 1.82) is 0 Å². The molecule has 0 heterocycles. The molecule has 0 radical (unpaired) electrons. The topological polar surface area (TPSA) is 12.0 Å². The summed E-state index contributed by atoms with van der Waals surface area (Å²) in [6.07, 6.45) is 0. The fourth-order valence-corrected chi connectivity index (χ4v) is 2.89. The Bertz CT molecular complexity index is 576. The largest absolute Gasteiger partial charge is 0.309 e. The van der Waals surface area contributed by atoms with Crippen LogP contribution in [0.5, 0.6) is 0 Å². The summed E-state index contributed by atoms with van der Waals surface area (Å²) in [6, 6.07) is 11.6. The number of halogens is 3. The fourth-order valence-electron chi connectivity index (χ4n) is 2.18. The van der Waals surface area contributed by atoms with Gasteiger partial charge in [0, 0.05) is 5.02 Å². The van der Waals surface area contributed by atoms with E-state index < -0.39 is 0 Å². The third-order valence-corrected chi connectivity index (χ3v) is 4.03. The summed E-state index contributed by atoms with van der Waals surface area (Å²) >= 11 is 18.5. The number of nitrogens with one attached hydrogen (secondary N) is 1. The van der Waals surface area contributed by atoms with E-state index >= 15 is 0 Å². The lowest BCUT2D eigenvalue weighted by atomic mass is 9.97. The molecule has 0 amide bonds. The Hall–Kier alpha value is -0.730. The van der Waals surface area contributed by atoms with Crippen molar-refractivity contribution >= 4 is 34.8 Å². The van der Waals surface area contributed by atoms with E-state index in [4.69, 9.17) is 34.8 Å². The molecule has 0 saturated carbocycles. The molecule has 0 bridgehead atoms. The molecule has 0 aromatic heterocycles. The van der Waals surface area contributed by atoms with Gasteiger partial charge in [0.25, 0.3) is 0 Å². The van der Waals surface area contributed by atoms with Crippen LogP contribution in [0.4, 0.5) is 0 Å². The third kappa shape index (κ3) is 3.24. The van der Waals surface area contributed by atoms with Crippen LogP contribution in [0.25, 0.3) is 0 Å². The van der Waals surface area contributed by atoms with Crippen molar-refractivity contribution < 1.29 is 0 Å². The van der Waals surface area contributed by atoms with Crippen molar-refractivity contribution in [2.45, 2.75) is 13.0 Å². The Morgan fingerprint density at radius 1 is 1.05 bits per heavy atom. The Kier molecular flexibility index (Phi) is 4.75. The molecule has 0 fully saturated rings. The molecule has 0 aliphatic rings. The lowest BCUT2D eigenvalue weighted by molar-refractivity contribution is 0.691. The smallest absolute Gasteiger partial charge is 0.0643 e. The normalized spacial score (nSPS) is 12.5. The number of aryl methyl sites for hydroxylation is 1. The quantitative estimate of drug-likeness (QED) is 0.814. The second-order valence-corrected chi connectivity index (χ2v) is 5.65. The van der Waals surface area contributed by atoms with Crippen LogP contribution in [0, 0.1) is 6.92 Å². The molecule has 0 aliphatic heterocycles. The molecule has 0 saturated heterocycles. The molecule has 2 rings (SSSR count). The first-order valence-corrected chi connectivity index (χ1v) is 7.04. The first-order valence-electron chi connectivity index (χ1n) is 5.91. The van der Waals surface area contributed by atoms with E-state index in [1.807, 2.05) is 38.2 Å². The second-order valence-electron chi connectivity index (χ2n) is 4.43. The van der Waals surface area contributed by atoms with E-state index in [-0.39, 0.29) is 6.04 Å². The molecule has 2 aromatic rings. The van der Waals surface area contributed by atoms with Gasteiger partial charge >= 0.3 is 0 Å². The summed E-state index contributed by atoms with van der Waals surface area (Å²) in [5.74, 6) is 0. The standard InChI is InChI=1S/C15H14Cl3N/c1-9-6-10(8-11(16)7-9)15(19-2)12-4-3-5-13(17)14(12)18/h3-8,15,19H,1-2H3. The molecular formula is C15H14Cl3N. The van der Waals surface area contributed by atoms with Crippen LogP contribution in [0.2, 0.25) is 15.1 Å². The lowest BCUT2D eigenvalue weighted by Gasteiger charge is -2.20. The molecule has 1 unspecified atom stereocenters. The lowest BCUT2D eigenvalue weighted by Crippen LogP contribution is -2.18. The van der Waals surface area contributed by atoms with Gasteiger partial charge in [-0.1, -0.05) is 53.0 Å². The van der Waals surface area contributed by atoms with Gasteiger partial charge in [-0.3, -0.25) is 0 Å². The zero-order valence-electron chi connectivity index (χ0n) is 10.7. The van der Waals surface area contributed by atoms with E-state index in [2.05, 4.69) is 11.4 Å². The van der Waals surface area contributed by atoms with Crippen molar-refractivity contribution in [2.75, 3.05) is 7.05 Å². The molecule has 1 nitrogen and oxygen atoms in total. The number of hydrogen-bond donors (Lipinski definition) is 1. The van der Waals surface area contributed by atoms with Crippen LogP contribution in [-0.4, -0.2) is 7.05 Å². The van der Waals surface area contributed by atoms with Crippen molar-refractivity contribution in [3.05, 3.63) is 68.2 Å². The average molecular weight is 315 g/mol. The Morgan fingerprint density at radius 3 is 2.42 bits per heavy atom. The van der Waals surface area contributed by atoms with Gasteiger partial charge in [0.05, 0.1) is 16.1 Å². The van der Waals surface area contributed by atoms with Crippen LogP contribution in [0.15, 0.2) is 36.4 Å². The van der Waals surface area contributed by atoms with Gasteiger partial charge < -0.3 is 5.32 Å². The highest BCUT2D eigenvalue weighted by Gasteiger charge is 2.17. The molecule has 0 spiro atoms. The highest BCUT2D eigenvalue weighted by molar-refractivity contribution is 6.42. The van der Waals surface area contributed by atoms with Gasteiger partial charge in [0.2, 0.25) is 0 Å². The monoisotopic (exact) mass is 313 g/mol. The summed E-state index contributed by atoms with van der Waals surface area (Å²) in [6.45, 7) is 2.02. The fraction of sp³-hybridized carbons (Fsp3) is 0.200. The molecule has 1 atom stereocenters. The highest BCUT2D eigenvalue weighted by atomic mass is 35.5. The van der Waals surface area contributed by atoms with Crippen molar-refractivity contribution in [1.82, 2.24) is 5.32 Å². The van der Waals surface area contributed by atoms with E-state index in [1.54, 1.807) is 6.07 Å². The van der Waals surface area contributed by atoms with Crippen LogP contribution in [0.1, 0.15) is 22.7 Å². The maximum atomic E-state index is 6.29. The molecule has 4 heteroatoms. The summed E-state index contributed by atoms with van der Waals surface area (Å²) in [5, 5.41) is 5.10. The van der Waals surface area contributed by atoms with E-state index in [9.17, 15) is 0 Å². The van der Waals surface area contributed by atoms with E-state index in [0.717, 1.165) is 16.7 Å². The van der Waals surface area contributed by atoms with Crippen LogP contribution < -0.4 is 5.32 Å². The SMILES string of the molecule is CNC(c1cc(C)cc(Cl)c1)c1cccc(Cl)c1Cl. The van der Waals surface area contributed by atoms with Crippen LogP contribution in [-0.2, 0) is 0 Å². The second kappa shape index (κ2) is 6.15. The number of rotatable bonds is 3. The molecular weight excluding hydrogens is 301 g/mol. The third-order valence-electron chi connectivity index (χ3n) is 2.98. The zero-order valence-corrected chi connectivity index (χ0v) is 12.9. The van der Waals surface area contributed by atoms with Gasteiger partial charge in [0.15, 0.2) is 0 Å². The first-order chi connectivity index (χ1) is 9.02. The number of benzene rings is 2. The predicted molar refractivity (Wildman–Crippen MR) is 83.6 cm³/mol. The Morgan fingerprint density at radius 2 is 1.79 bits per heavy atom. The molecule has 2 aromatic carbocycles. The maximum Gasteiger partial charge on any atom is 0.0643 e.